The Labute approximate surface area is 119 Å². The van der Waals surface area contributed by atoms with Crippen molar-refractivity contribution in [2.24, 2.45) is 0 Å². The second-order valence-electron chi connectivity index (χ2n) is 5.03. The normalized spacial score (nSPS) is 21.9. The Hall–Kier alpha value is -1.43. The molecule has 20 heavy (non-hydrogen) atoms. The predicted molar refractivity (Wildman–Crippen MR) is 76.1 cm³/mol. The molecule has 1 heterocycles. The largest absolute Gasteiger partial charge is 0.392 e. The molecule has 0 aromatic heterocycles. The van der Waals surface area contributed by atoms with Crippen LogP contribution in [0.4, 0.5) is 0 Å². The summed E-state index contributed by atoms with van der Waals surface area (Å²) in [5.41, 5.74) is 1.15. The van der Waals surface area contributed by atoms with Gasteiger partial charge in [0, 0.05) is 19.7 Å². The number of nitrogens with one attached hydrogen (secondary N) is 2. The Kier molecular flexibility index (Phi) is 5.98. The number of carbonyl (C=O) groups excluding carboxylic acids is 1. The van der Waals surface area contributed by atoms with E-state index in [1.54, 1.807) is 0 Å². The zero-order chi connectivity index (χ0) is 14.2. The maximum atomic E-state index is 11.7. The minimum absolute atomic E-state index is 0.0374. The molecule has 2 rings (SSSR count). The number of hydrogen-bond donors (Lipinski definition) is 3. The standard InChI is InChI=1S/C15H22N2O3/c18-13-9-14(17-10-13)15(19)16-7-4-8-20-11-12-5-2-1-3-6-12/h1-3,5-6,13-14,17-18H,4,7-11H2,(H,16,19). The summed E-state index contributed by atoms with van der Waals surface area (Å²) in [5, 5.41) is 15.2. The molecule has 1 aliphatic heterocycles. The van der Waals surface area contributed by atoms with E-state index >= 15 is 0 Å². The van der Waals surface area contributed by atoms with Gasteiger partial charge < -0.3 is 20.5 Å². The molecule has 1 fully saturated rings. The van der Waals surface area contributed by atoms with Crippen LogP contribution in [0.1, 0.15) is 18.4 Å². The van der Waals surface area contributed by atoms with E-state index in [-0.39, 0.29) is 11.9 Å². The Morgan fingerprint density at radius 2 is 2.20 bits per heavy atom. The minimum Gasteiger partial charge on any atom is -0.392 e. The van der Waals surface area contributed by atoms with Gasteiger partial charge in [-0.25, -0.2) is 0 Å². The number of rotatable bonds is 7. The molecule has 1 aliphatic rings. The number of ether oxygens (including phenoxy) is 1. The third-order valence-electron chi connectivity index (χ3n) is 3.30. The van der Waals surface area contributed by atoms with Crippen LogP contribution in [0.15, 0.2) is 30.3 Å². The lowest BCUT2D eigenvalue weighted by Gasteiger charge is -2.11. The summed E-state index contributed by atoms with van der Waals surface area (Å²) < 4.78 is 5.54. The molecule has 1 aromatic carbocycles. The minimum atomic E-state index is -0.403. The lowest BCUT2D eigenvalue weighted by molar-refractivity contribution is -0.122. The van der Waals surface area contributed by atoms with E-state index < -0.39 is 6.10 Å². The van der Waals surface area contributed by atoms with E-state index in [4.69, 9.17) is 4.74 Å². The highest BCUT2D eigenvalue weighted by Gasteiger charge is 2.27. The quantitative estimate of drug-likeness (QED) is 0.633. The SMILES string of the molecule is O=C(NCCCOCc1ccccc1)C1CC(O)CN1. The number of benzene rings is 1. The molecule has 5 nitrogen and oxygen atoms in total. The summed E-state index contributed by atoms with van der Waals surface area (Å²) in [6, 6.07) is 9.75. The second-order valence-corrected chi connectivity index (χ2v) is 5.03. The fourth-order valence-electron chi connectivity index (χ4n) is 2.19. The molecule has 0 aliphatic carbocycles. The zero-order valence-corrected chi connectivity index (χ0v) is 11.5. The van der Waals surface area contributed by atoms with Crippen LogP contribution < -0.4 is 10.6 Å². The van der Waals surface area contributed by atoms with Gasteiger partial charge in [0.15, 0.2) is 0 Å². The third-order valence-corrected chi connectivity index (χ3v) is 3.30. The van der Waals surface area contributed by atoms with Crippen molar-refractivity contribution in [1.82, 2.24) is 10.6 Å². The van der Waals surface area contributed by atoms with Gasteiger partial charge in [0.25, 0.3) is 0 Å². The smallest absolute Gasteiger partial charge is 0.237 e. The van der Waals surface area contributed by atoms with Crippen molar-refractivity contribution in [3.05, 3.63) is 35.9 Å². The Bertz CT molecular complexity index is 411. The molecule has 0 saturated carbocycles. The van der Waals surface area contributed by atoms with Crippen molar-refractivity contribution in [2.45, 2.75) is 31.6 Å². The van der Waals surface area contributed by atoms with Crippen LogP contribution in [-0.2, 0) is 16.1 Å². The number of amides is 1. The molecule has 110 valence electrons. The average Bonchev–Trinajstić information content (AvgIpc) is 2.90. The highest BCUT2D eigenvalue weighted by atomic mass is 16.5. The highest BCUT2D eigenvalue weighted by molar-refractivity contribution is 5.82. The fourth-order valence-corrected chi connectivity index (χ4v) is 2.19. The average molecular weight is 278 g/mol. The van der Waals surface area contributed by atoms with Gasteiger partial charge in [-0.05, 0) is 18.4 Å². The molecule has 0 spiro atoms. The van der Waals surface area contributed by atoms with Gasteiger partial charge in [-0.2, -0.15) is 0 Å². The summed E-state index contributed by atoms with van der Waals surface area (Å²) >= 11 is 0. The monoisotopic (exact) mass is 278 g/mol. The number of β-amino-alcohol motifs (C(OH)–C–C–N with tert-alkyl or cyclic N) is 1. The van der Waals surface area contributed by atoms with E-state index in [1.807, 2.05) is 30.3 Å². The highest BCUT2D eigenvalue weighted by Crippen LogP contribution is 2.06. The van der Waals surface area contributed by atoms with Crippen LogP contribution in [0.25, 0.3) is 0 Å². The van der Waals surface area contributed by atoms with Crippen molar-refractivity contribution in [1.29, 1.82) is 0 Å². The van der Waals surface area contributed by atoms with Gasteiger partial charge in [0.05, 0.1) is 18.8 Å². The Balaban J connectivity index is 1.50. The van der Waals surface area contributed by atoms with Crippen LogP contribution in [-0.4, -0.2) is 42.9 Å². The summed E-state index contributed by atoms with van der Waals surface area (Å²) in [5.74, 6) is -0.0374. The maximum Gasteiger partial charge on any atom is 0.237 e. The third kappa shape index (κ3) is 4.92. The van der Waals surface area contributed by atoms with Gasteiger partial charge in [-0.15, -0.1) is 0 Å². The fraction of sp³-hybridized carbons (Fsp3) is 0.533. The van der Waals surface area contributed by atoms with Gasteiger partial charge in [0.2, 0.25) is 5.91 Å². The summed E-state index contributed by atoms with van der Waals surface area (Å²) in [7, 11) is 0. The first-order chi connectivity index (χ1) is 9.75. The molecule has 5 heteroatoms. The van der Waals surface area contributed by atoms with Crippen LogP contribution in [0.2, 0.25) is 0 Å². The molecular formula is C15H22N2O3. The molecule has 1 saturated heterocycles. The molecule has 0 radical (unpaired) electrons. The number of aliphatic hydroxyl groups excluding tert-OH is 1. The van der Waals surface area contributed by atoms with Crippen molar-refractivity contribution in [3.63, 3.8) is 0 Å². The lowest BCUT2D eigenvalue weighted by Crippen LogP contribution is -2.40. The number of hydrogen-bond acceptors (Lipinski definition) is 4. The first-order valence-corrected chi connectivity index (χ1v) is 7.06. The van der Waals surface area contributed by atoms with Gasteiger partial charge in [-0.3, -0.25) is 4.79 Å². The van der Waals surface area contributed by atoms with Gasteiger partial charge in [0.1, 0.15) is 0 Å². The molecule has 2 atom stereocenters. The molecular weight excluding hydrogens is 256 g/mol. The van der Waals surface area contributed by atoms with E-state index in [9.17, 15) is 9.90 Å². The maximum absolute atomic E-state index is 11.7. The Morgan fingerprint density at radius 3 is 2.90 bits per heavy atom. The zero-order valence-electron chi connectivity index (χ0n) is 11.5. The van der Waals surface area contributed by atoms with E-state index in [1.165, 1.54) is 0 Å². The summed E-state index contributed by atoms with van der Waals surface area (Å²) in [4.78, 5) is 11.7. The van der Waals surface area contributed by atoms with Crippen LogP contribution >= 0.6 is 0 Å². The van der Waals surface area contributed by atoms with E-state index in [0.29, 0.717) is 32.7 Å². The first-order valence-electron chi connectivity index (χ1n) is 7.06. The summed E-state index contributed by atoms with van der Waals surface area (Å²) in [6.45, 7) is 2.32. The van der Waals surface area contributed by atoms with Crippen LogP contribution in [0, 0.1) is 0 Å². The molecule has 3 N–H and O–H groups in total. The molecule has 1 amide bonds. The predicted octanol–water partition coefficient (Wildman–Crippen LogP) is 0.432. The van der Waals surface area contributed by atoms with Gasteiger partial charge in [-0.1, -0.05) is 30.3 Å². The molecule has 2 unspecified atom stereocenters. The lowest BCUT2D eigenvalue weighted by atomic mass is 10.2. The van der Waals surface area contributed by atoms with Crippen molar-refractivity contribution in [2.75, 3.05) is 19.7 Å². The Morgan fingerprint density at radius 1 is 1.40 bits per heavy atom. The topological polar surface area (TPSA) is 70.6 Å². The first kappa shape index (κ1) is 15.0. The van der Waals surface area contributed by atoms with Crippen LogP contribution in [0.3, 0.4) is 0 Å². The van der Waals surface area contributed by atoms with Crippen LogP contribution in [0.5, 0.6) is 0 Å². The van der Waals surface area contributed by atoms with E-state index in [2.05, 4.69) is 10.6 Å². The van der Waals surface area contributed by atoms with E-state index in [0.717, 1.165) is 12.0 Å². The number of aliphatic hydroxyl groups is 1. The van der Waals surface area contributed by atoms with Gasteiger partial charge >= 0.3 is 0 Å². The number of carbonyl (C=O) groups is 1. The molecule has 0 bridgehead atoms. The second kappa shape index (κ2) is 7.99. The van der Waals surface area contributed by atoms with Crippen molar-refractivity contribution < 1.29 is 14.6 Å². The van der Waals surface area contributed by atoms with Crippen molar-refractivity contribution in [3.8, 4) is 0 Å². The van der Waals surface area contributed by atoms with Crippen molar-refractivity contribution >= 4 is 5.91 Å². The summed E-state index contributed by atoms with van der Waals surface area (Å²) in [6.07, 6.45) is 0.879. The molecule has 1 aromatic rings.